The molecule has 1 aromatic heterocycles. The molecule has 1 N–H and O–H groups in total. The summed E-state index contributed by atoms with van der Waals surface area (Å²) < 4.78 is 42.2. The SMILES string of the molecule is COCCNC(=O)C(C)n1cc(C(=O)C(F)(F)F)nn1. The van der Waals surface area contributed by atoms with Crippen LogP contribution in [0.2, 0.25) is 0 Å². The second kappa shape index (κ2) is 6.46. The van der Waals surface area contributed by atoms with Gasteiger partial charge in [0.05, 0.1) is 12.8 Å². The molecule has 20 heavy (non-hydrogen) atoms. The van der Waals surface area contributed by atoms with Crippen LogP contribution in [0.4, 0.5) is 13.2 Å². The van der Waals surface area contributed by atoms with E-state index in [9.17, 15) is 22.8 Å². The number of nitrogens with zero attached hydrogens (tertiary/aromatic N) is 3. The van der Waals surface area contributed by atoms with Crippen molar-refractivity contribution in [3.63, 3.8) is 0 Å². The number of hydrogen-bond acceptors (Lipinski definition) is 5. The van der Waals surface area contributed by atoms with E-state index in [0.717, 1.165) is 10.9 Å². The largest absolute Gasteiger partial charge is 0.456 e. The average Bonchev–Trinajstić information content (AvgIpc) is 2.85. The van der Waals surface area contributed by atoms with Crippen LogP contribution in [0.1, 0.15) is 23.5 Å². The number of carbonyl (C=O) groups is 2. The summed E-state index contributed by atoms with van der Waals surface area (Å²) >= 11 is 0. The van der Waals surface area contributed by atoms with Crippen LogP contribution in [0.25, 0.3) is 0 Å². The zero-order valence-electron chi connectivity index (χ0n) is 10.8. The molecule has 1 unspecified atom stereocenters. The van der Waals surface area contributed by atoms with Crippen molar-refractivity contribution in [3.8, 4) is 0 Å². The number of alkyl halides is 3. The van der Waals surface area contributed by atoms with Gasteiger partial charge in [0.25, 0.3) is 5.78 Å². The molecule has 0 fully saturated rings. The van der Waals surface area contributed by atoms with Gasteiger partial charge >= 0.3 is 6.18 Å². The fourth-order valence-corrected chi connectivity index (χ4v) is 1.26. The first-order valence-corrected chi connectivity index (χ1v) is 5.57. The summed E-state index contributed by atoms with van der Waals surface area (Å²) in [4.78, 5) is 22.6. The van der Waals surface area contributed by atoms with E-state index in [-0.39, 0.29) is 6.54 Å². The van der Waals surface area contributed by atoms with Gasteiger partial charge in [-0.15, -0.1) is 5.10 Å². The van der Waals surface area contributed by atoms with E-state index in [2.05, 4.69) is 15.6 Å². The Bertz CT molecular complexity index is 486. The van der Waals surface area contributed by atoms with Crippen LogP contribution in [0.3, 0.4) is 0 Å². The zero-order chi connectivity index (χ0) is 15.3. The van der Waals surface area contributed by atoms with Crippen molar-refractivity contribution >= 4 is 11.7 Å². The Kier molecular flexibility index (Phi) is 5.19. The number of rotatable bonds is 6. The fraction of sp³-hybridized carbons (Fsp3) is 0.600. The Hall–Kier alpha value is -1.97. The first kappa shape index (κ1) is 16.1. The minimum atomic E-state index is -5.02. The first-order valence-electron chi connectivity index (χ1n) is 5.57. The van der Waals surface area contributed by atoms with Gasteiger partial charge in [0.15, 0.2) is 5.69 Å². The maximum atomic E-state index is 12.2. The van der Waals surface area contributed by atoms with Crippen molar-refractivity contribution in [1.82, 2.24) is 20.3 Å². The maximum absolute atomic E-state index is 12.2. The molecule has 112 valence electrons. The van der Waals surface area contributed by atoms with Crippen molar-refractivity contribution in [3.05, 3.63) is 11.9 Å². The number of nitrogens with one attached hydrogen (secondary N) is 1. The van der Waals surface area contributed by atoms with Crippen LogP contribution in [0.15, 0.2) is 6.20 Å². The summed E-state index contributed by atoms with van der Waals surface area (Å²) in [5, 5.41) is 8.97. The standard InChI is InChI=1S/C10H13F3N4O3/c1-6(9(19)14-3-4-20-2)17-5-7(15-16-17)8(18)10(11,12)13/h5-6H,3-4H2,1-2H3,(H,14,19). The molecule has 0 spiro atoms. The molecule has 1 rings (SSSR count). The van der Waals surface area contributed by atoms with E-state index < -0.39 is 29.6 Å². The molecule has 0 saturated carbocycles. The van der Waals surface area contributed by atoms with E-state index in [1.54, 1.807) is 0 Å². The summed E-state index contributed by atoms with van der Waals surface area (Å²) in [7, 11) is 1.46. The molecule has 1 amide bonds. The molecular formula is C10H13F3N4O3. The molecular weight excluding hydrogens is 281 g/mol. The maximum Gasteiger partial charge on any atom is 0.456 e. The van der Waals surface area contributed by atoms with E-state index in [0.29, 0.717) is 6.61 Å². The van der Waals surface area contributed by atoms with Crippen LogP contribution in [-0.2, 0) is 9.53 Å². The Labute approximate surface area is 112 Å². The Morgan fingerprint density at radius 1 is 1.50 bits per heavy atom. The van der Waals surface area contributed by atoms with Crippen molar-refractivity contribution < 1.29 is 27.5 Å². The highest BCUT2D eigenvalue weighted by Crippen LogP contribution is 2.20. The lowest BCUT2D eigenvalue weighted by Gasteiger charge is -2.11. The number of Topliss-reactive ketones (excluding diaryl/α,β-unsaturated/α-hetero) is 1. The molecule has 0 bridgehead atoms. The summed E-state index contributed by atoms with van der Waals surface area (Å²) in [5.74, 6) is -2.58. The molecule has 0 aliphatic heterocycles. The van der Waals surface area contributed by atoms with Gasteiger partial charge in [0.1, 0.15) is 6.04 Å². The fourth-order valence-electron chi connectivity index (χ4n) is 1.26. The monoisotopic (exact) mass is 294 g/mol. The quantitative estimate of drug-likeness (QED) is 0.604. The molecule has 0 aliphatic carbocycles. The number of amides is 1. The summed E-state index contributed by atoms with van der Waals surface area (Å²) in [6, 6.07) is -0.894. The van der Waals surface area contributed by atoms with Crippen LogP contribution >= 0.6 is 0 Å². The Morgan fingerprint density at radius 2 is 2.15 bits per heavy atom. The molecule has 1 atom stereocenters. The summed E-state index contributed by atoms with van der Waals surface area (Å²) in [5.41, 5.74) is -0.853. The molecule has 0 aliphatic rings. The van der Waals surface area contributed by atoms with Gasteiger partial charge in [-0.05, 0) is 6.92 Å². The van der Waals surface area contributed by atoms with Crippen molar-refractivity contribution in [2.75, 3.05) is 20.3 Å². The molecule has 0 saturated heterocycles. The minimum Gasteiger partial charge on any atom is -0.383 e. The van der Waals surface area contributed by atoms with Gasteiger partial charge in [-0.25, -0.2) is 4.68 Å². The lowest BCUT2D eigenvalue weighted by molar-refractivity contribution is -0.124. The summed E-state index contributed by atoms with van der Waals surface area (Å²) in [6.07, 6.45) is -4.23. The Morgan fingerprint density at radius 3 is 2.70 bits per heavy atom. The molecule has 1 heterocycles. The normalized spacial score (nSPS) is 13.1. The Balaban J connectivity index is 2.71. The van der Waals surface area contributed by atoms with Crippen LogP contribution in [-0.4, -0.2) is 53.1 Å². The van der Waals surface area contributed by atoms with Crippen LogP contribution in [0, 0.1) is 0 Å². The molecule has 0 radical (unpaired) electrons. The number of methoxy groups -OCH3 is 1. The second-order valence-corrected chi connectivity index (χ2v) is 3.87. The average molecular weight is 294 g/mol. The van der Waals surface area contributed by atoms with E-state index >= 15 is 0 Å². The van der Waals surface area contributed by atoms with Gasteiger partial charge in [0, 0.05) is 13.7 Å². The molecule has 1 aromatic rings. The predicted octanol–water partition coefficient (Wildman–Crippen LogP) is 0.347. The predicted molar refractivity (Wildman–Crippen MR) is 60.0 cm³/mol. The van der Waals surface area contributed by atoms with Crippen molar-refractivity contribution in [2.45, 2.75) is 19.1 Å². The van der Waals surface area contributed by atoms with Crippen LogP contribution < -0.4 is 5.32 Å². The molecule has 7 nitrogen and oxygen atoms in total. The smallest absolute Gasteiger partial charge is 0.383 e. The second-order valence-electron chi connectivity index (χ2n) is 3.87. The number of ketones is 1. The van der Waals surface area contributed by atoms with Gasteiger partial charge in [-0.1, -0.05) is 5.21 Å². The van der Waals surface area contributed by atoms with Gasteiger partial charge in [0.2, 0.25) is 5.91 Å². The highest BCUT2D eigenvalue weighted by atomic mass is 19.4. The number of halogens is 3. The number of carbonyl (C=O) groups excluding carboxylic acids is 2. The van der Waals surface area contributed by atoms with Crippen molar-refractivity contribution in [2.24, 2.45) is 0 Å². The van der Waals surface area contributed by atoms with Crippen LogP contribution in [0.5, 0.6) is 0 Å². The highest BCUT2D eigenvalue weighted by Gasteiger charge is 2.41. The van der Waals surface area contributed by atoms with Gasteiger partial charge < -0.3 is 10.1 Å². The summed E-state index contributed by atoms with van der Waals surface area (Å²) in [6.45, 7) is 1.97. The van der Waals surface area contributed by atoms with E-state index in [1.807, 2.05) is 0 Å². The third-order valence-electron chi connectivity index (χ3n) is 2.38. The topological polar surface area (TPSA) is 86.1 Å². The number of ether oxygens (including phenoxy) is 1. The third-order valence-corrected chi connectivity index (χ3v) is 2.38. The molecule has 0 aromatic carbocycles. The lowest BCUT2D eigenvalue weighted by Crippen LogP contribution is -2.33. The molecule has 10 heteroatoms. The van der Waals surface area contributed by atoms with Crippen molar-refractivity contribution in [1.29, 1.82) is 0 Å². The zero-order valence-corrected chi connectivity index (χ0v) is 10.8. The van der Waals surface area contributed by atoms with Gasteiger partial charge in [-0.2, -0.15) is 13.2 Å². The van der Waals surface area contributed by atoms with Gasteiger partial charge in [-0.3, -0.25) is 9.59 Å². The number of hydrogen-bond donors (Lipinski definition) is 1. The minimum absolute atomic E-state index is 0.253. The first-order chi connectivity index (χ1) is 9.27. The van der Waals surface area contributed by atoms with E-state index in [4.69, 9.17) is 4.74 Å². The van der Waals surface area contributed by atoms with E-state index in [1.165, 1.54) is 14.0 Å². The number of aromatic nitrogens is 3. The lowest BCUT2D eigenvalue weighted by atomic mass is 10.3. The third kappa shape index (κ3) is 4.02. The highest BCUT2D eigenvalue weighted by molar-refractivity contribution is 5.98.